The molecule has 0 aromatic heterocycles. The van der Waals surface area contributed by atoms with Crippen LogP contribution in [0.3, 0.4) is 0 Å². The molecule has 1 aromatic rings. The van der Waals surface area contributed by atoms with E-state index in [-0.39, 0.29) is 0 Å². The molecular weight excluding hydrogens is 124 g/mol. The molecule has 43 valence electrons. The van der Waals surface area contributed by atoms with E-state index in [1.54, 1.807) is 0 Å². The SMILES string of the molecule is [Si]C=Cc1ccccc1. The molecule has 0 atom stereocenters. The molecule has 0 aliphatic heterocycles. The summed E-state index contributed by atoms with van der Waals surface area (Å²) in [5.41, 5.74) is 3.06. The minimum absolute atomic E-state index is 1.22. The Kier molecular flexibility index (Phi) is 2.28. The zero-order chi connectivity index (χ0) is 6.53. The van der Waals surface area contributed by atoms with Crippen LogP contribution < -0.4 is 0 Å². The molecule has 0 bridgehead atoms. The van der Waals surface area contributed by atoms with Crippen molar-refractivity contribution >= 4 is 16.3 Å². The highest BCUT2D eigenvalue weighted by Gasteiger charge is 1.77. The second-order valence-corrected chi connectivity index (χ2v) is 2.08. The molecule has 0 amide bonds. The fourth-order valence-corrected chi connectivity index (χ4v) is 0.853. The van der Waals surface area contributed by atoms with Crippen LogP contribution >= 0.6 is 0 Å². The Labute approximate surface area is 58.6 Å². The molecule has 3 radical (unpaired) electrons. The van der Waals surface area contributed by atoms with Crippen LogP contribution in [0.1, 0.15) is 5.56 Å². The van der Waals surface area contributed by atoms with Crippen LogP contribution in [0.5, 0.6) is 0 Å². The zero-order valence-electron chi connectivity index (χ0n) is 5.04. The highest BCUT2D eigenvalue weighted by atomic mass is 28.1. The van der Waals surface area contributed by atoms with Gasteiger partial charge in [0.1, 0.15) is 0 Å². The second kappa shape index (κ2) is 3.25. The summed E-state index contributed by atoms with van der Waals surface area (Å²) in [6, 6.07) is 10.1. The van der Waals surface area contributed by atoms with Gasteiger partial charge in [0, 0.05) is 0 Å². The summed E-state index contributed by atoms with van der Waals surface area (Å²) in [4.78, 5) is 0. The molecular formula is C8H7Si. The Morgan fingerprint density at radius 2 is 1.78 bits per heavy atom. The Bertz CT molecular complexity index is 189. The highest BCUT2D eigenvalue weighted by molar-refractivity contribution is 6.19. The highest BCUT2D eigenvalue weighted by Crippen LogP contribution is 1.98. The van der Waals surface area contributed by atoms with Crippen molar-refractivity contribution in [2.75, 3.05) is 0 Å². The second-order valence-electron chi connectivity index (χ2n) is 1.74. The van der Waals surface area contributed by atoms with Crippen LogP contribution in [0.25, 0.3) is 6.08 Å². The molecule has 0 heterocycles. The van der Waals surface area contributed by atoms with E-state index in [0.29, 0.717) is 0 Å². The number of rotatable bonds is 1. The van der Waals surface area contributed by atoms with Gasteiger partial charge in [-0.2, -0.15) is 0 Å². The minimum Gasteiger partial charge on any atom is -0.101 e. The van der Waals surface area contributed by atoms with Gasteiger partial charge in [-0.25, -0.2) is 0 Å². The molecule has 0 unspecified atom stereocenters. The maximum atomic E-state index is 3.25. The summed E-state index contributed by atoms with van der Waals surface area (Å²) in [7, 11) is 3.25. The normalized spacial score (nSPS) is 10.3. The molecule has 0 nitrogen and oxygen atoms in total. The van der Waals surface area contributed by atoms with Crippen LogP contribution in [0.4, 0.5) is 0 Å². The van der Waals surface area contributed by atoms with Gasteiger partial charge < -0.3 is 0 Å². The maximum absolute atomic E-state index is 3.25. The van der Waals surface area contributed by atoms with Gasteiger partial charge in [-0.15, -0.1) is 5.70 Å². The van der Waals surface area contributed by atoms with Crippen molar-refractivity contribution < 1.29 is 0 Å². The third kappa shape index (κ3) is 1.86. The van der Waals surface area contributed by atoms with E-state index in [2.05, 4.69) is 22.4 Å². The Hall–Kier alpha value is -0.823. The van der Waals surface area contributed by atoms with Gasteiger partial charge >= 0.3 is 0 Å². The van der Waals surface area contributed by atoms with E-state index < -0.39 is 0 Å². The molecule has 0 fully saturated rings. The number of hydrogen-bond donors (Lipinski definition) is 0. The van der Waals surface area contributed by atoms with E-state index in [0.717, 1.165) is 0 Å². The van der Waals surface area contributed by atoms with E-state index in [4.69, 9.17) is 0 Å². The lowest BCUT2D eigenvalue weighted by atomic mass is 10.2. The minimum atomic E-state index is 1.22. The van der Waals surface area contributed by atoms with E-state index >= 15 is 0 Å². The molecule has 0 saturated carbocycles. The van der Waals surface area contributed by atoms with Crippen LogP contribution in [0.15, 0.2) is 36.0 Å². The number of hydrogen-bond acceptors (Lipinski definition) is 0. The molecule has 0 N–H and O–H groups in total. The largest absolute Gasteiger partial charge is 0.101 e. The van der Waals surface area contributed by atoms with Crippen LogP contribution in [0, 0.1) is 0 Å². The van der Waals surface area contributed by atoms with E-state index in [9.17, 15) is 0 Å². The molecule has 0 aliphatic carbocycles. The fourth-order valence-electron chi connectivity index (χ4n) is 0.660. The summed E-state index contributed by atoms with van der Waals surface area (Å²) < 4.78 is 0. The van der Waals surface area contributed by atoms with Gasteiger partial charge in [-0.05, 0) is 5.56 Å². The summed E-state index contributed by atoms with van der Waals surface area (Å²) in [6.07, 6.45) is 2.00. The van der Waals surface area contributed by atoms with Gasteiger partial charge in [0.25, 0.3) is 0 Å². The predicted molar refractivity (Wildman–Crippen MR) is 41.2 cm³/mol. The lowest BCUT2D eigenvalue weighted by molar-refractivity contribution is 1.66. The quantitative estimate of drug-likeness (QED) is 0.510. The fraction of sp³-hybridized carbons (Fsp3) is 0. The third-order valence-electron chi connectivity index (χ3n) is 1.08. The first-order chi connectivity index (χ1) is 4.43. The molecule has 1 rings (SSSR count). The molecule has 0 saturated heterocycles. The molecule has 0 aliphatic rings. The van der Waals surface area contributed by atoms with Crippen molar-refractivity contribution in [2.24, 2.45) is 0 Å². The Morgan fingerprint density at radius 1 is 1.11 bits per heavy atom. The Balaban J connectivity index is 2.85. The van der Waals surface area contributed by atoms with Crippen LogP contribution in [0.2, 0.25) is 0 Å². The first-order valence-corrected chi connectivity index (χ1v) is 3.40. The maximum Gasteiger partial charge on any atom is 0.0601 e. The first kappa shape index (κ1) is 6.30. The van der Waals surface area contributed by atoms with E-state index in [1.165, 1.54) is 5.56 Å². The van der Waals surface area contributed by atoms with Crippen molar-refractivity contribution in [3.8, 4) is 0 Å². The van der Waals surface area contributed by atoms with Crippen molar-refractivity contribution in [1.29, 1.82) is 0 Å². The molecule has 1 heteroatoms. The average molecular weight is 131 g/mol. The van der Waals surface area contributed by atoms with Crippen molar-refractivity contribution in [1.82, 2.24) is 0 Å². The van der Waals surface area contributed by atoms with Gasteiger partial charge in [0.05, 0.1) is 10.2 Å². The molecule has 1 aromatic carbocycles. The van der Waals surface area contributed by atoms with Crippen molar-refractivity contribution in [2.45, 2.75) is 0 Å². The van der Waals surface area contributed by atoms with Crippen molar-refractivity contribution in [3.05, 3.63) is 41.6 Å². The summed E-state index contributed by atoms with van der Waals surface area (Å²) in [6.45, 7) is 0. The lowest BCUT2D eigenvalue weighted by Crippen LogP contribution is -1.66. The van der Waals surface area contributed by atoms with Crippen LogP contribution in [-0.2, 0) is 0 Å². The van der Waals surface area contributed by atoms with Crippen LogP contribution in [-0.4, -0.2) is 10.2 Å². The standard InChI is InChI=1S/C8H7Si/c9-7-6-8-4-2-1-3-5-8/h1-7H. The predicted octanol–water partition coefficient (Wildman–Crippen LogP) is 1.83. The van der Waals surface area contributed by atoms with Gasteiger partial charge in [0.15, 0.2) is 0 Å². The van der Waals surface area contributed by atoms with Gasteiger partial charge in [-0.3, -0.25) is 0 Å². The summed E-state index contributed by atoms with van der Waals surface area (Å²) >= 11 is 0. The number of benzene rings is 1. The topological polar surface area (TPSA) is 0 Å². The molecule has 0 spiro atoms. The lowest BCUT2D eigenvalue weighted by Gasteiger charge is -1.86. The molecule has 9 heavy (non-hydrogen) atoms. The van der Waals surface area contributed by atoms with E-state index in [1.807, 2.05) is 30.0 Å². The third-order valence-corrected chi connectivity index (χ3v) is 1.24. The summed E-state index contributed by atoms with van der Waals surface area (Å²) in [5, 5.41) is 0. The monoisotopic (exact) mass is 131 g/mol. The average Bonchev–Trinajstić information content (AvgIpc) is 1.91. The zero-order valence-corrected chi connectivity index (χ0v) is 6.04. The van der Waals surface area contributed by atoms with Gasteiger partial charge in [-0.1, -0.05) is 36.4 Å². The first-order valence-electron chi connectivity index (χ1n) is 2.82. The van der Waals surface area contributed by atoms with Gasteiger partial charge in [0.2, 0.25) is 0 Å². The van der Waals surface area contributed by atoms with Crippen molar-refractivity contribution in [3.63, 3.8) is 0 Å². The smallest absolute Gasteiger partial charge is 0.0601 e. The summed E-state index contributed by atoms with van der Waals surface area (Å²) in [5.74, 6) is 0. The Morgan fingerprint density at radius 3 is 2.33 bits per heavy atom.